The van der Waals surface area contributed by atoms with Crippen molar-refractivity contribution in [2.75, 3.05) is 0 Å². The molecule has 0 spiro atoms. The molecule has 3 heteroatoms. The van der Waals surface area contributed by atoms with Crippen molar-refractivity contribution in [3.8, 4) is 0 Å². The van der Waals surface area contributed by atoms with Crippen molar-refractivity contribution in [3.63, 3.8) is 0 Å². The zero-order valence-electron chi connectivity index (χ0n) is 11.5. The maximum Gasteiger partial charge on any atom is 0.128 e. The summed E-state index contributed by atoms with van der Waals surface area (Å²) in [5.74, 6) is 6.02. The van der Waals surface area contributed by atoms with Gasteiger partial charge in [0.15, 0.2) is 0 Å². The second-order valence-electron chi connectivity index (χ2n) is 4.89. The Kier molecular flexibility index (Phi) is 6.91. The van der Waals surface area contributed by atoms with Gasteiger partial charge >= 0.3 is 0 Å². The Morgan fingerprint density at radius 3 is 2.56 bits per heavy atom. The summed E-state index contributed by atoms with van der Waals surface area (Å²) in [5, 5.41) is 0. The van der Waals surface area contributed by atoms with Gasteiger partial charge in [-0.1, -0.05) is 57.7 Å². The lowest BCUT2D eigenvalue weighted by Gasteiger charge is -2.22. The monoisotopic (exact) mass is 252 g/mol. The molecule has 0 saturated heterocycles. The van der Waals surface area contributed by atoms with E-state index in [0.717, 1.165) is 12.8 Å². The quantitative estimate of drug-likeness (QED) is 0.543. The van der Waals surface area contributed by atoms with E-state index in [-0.39, 0.29) is 11.9 Å². The highest BCUT2D eigenvalue weighted by Crippen LogP contribution is 2.27. The topological polar surface area (TPSA) is 38.0 Å². The number of unbranched alkanes of at least 4 members (excludes halogenated alkanes) is 1. The molecule has 2 atom stereocenters. The minimum atomic E-state index is -0.175. The van der Waals surface area contributed by atoms with Crippen LogP contribution in [0.25, 0.3) is 0 Å². The van der Waals surface area contributed by atoms with Crippen molar-refractivity contribution in [2.45, 2.75) is 52.0 Å². The van der Waals surface area contributed by atoms with E-state index < -0.39 is 0 Å². The Morgan fingerprint density at radius 2 is 2.00 bits per heavy atom. The van der Waals surface area contributed by atoms with E-state index in [1.165, 1.54) is 25.3 Å². The minimum Gasteiger partial charge on any atom is -0.271 e. The number of rotatable bonds is 8. The van der Waals surface area contributed by atoms with Crippen molar-refractivity contribution >= 4 is 0 Å². The Balaban J connectivity index is 2.68. The standard InChI is InChI=1S/C15H25FN2/c1-3-5-8-12(4-2)11-15(18-17)13-9-6-7-10-14(13)16/h6-7,9-10,12,15,18H,3-5,8,11,17H2,1-2H3. The van der Waals surface area contributed by atoms with E-state index in [4.69, 9.17) is 5.84 Å². The lowest BCUT2D eigenvalue weighted by Crippen LogP contribution is -2.30. The Labute approximate surface area is 110 Å². The predicted octanol–water partition coefficient (Wildman–Crippen LogP) is 3.94. The van der Waals surface area contributed by atoms with E-state index in [9.17, 15) is 4.39 Å². The van der Waals surface area contributed by atoms with Crippen LogP contribution in [0.5, 0.6) is 0 Å². The summed E-state index contributed by atoms with van der Waals surface area (Å²) < 4.78 is 13.7. The van der Waals surface area contributed by atoms with E-state index >= 15 is 0 Å². The molecule has 1 aromatic carbocycles. The molecule has 0 aliphatic carbocycles. The molecule has 0 fully saturated rings. The third kappa shape index (κ3) is 4.39. The van der Waals surface area contributed by atoms with Crippen LogP contribution in [0.3, 0.4) is 0 Å². The normalized spacial score (nSPS) is 14.4. The molecule has 3 N–H and O–H groups in total. The number of benzene rings is 1. The second kappa shape index (κ2) is 8.22. The van der Waals surface area contributed by atoms with Gasteiger partial charge in [-0.05, 0) is 18.4 Å². The van der Waals surface area contributed by atoms with Gasteiger partial charge in [-0.25, -0.2) is 4.39 Å². The zero-order chi connectivity index (χ0) is 13.4. The van der Waals surface area contributed by atoms with E-state index in [1.54, 1.807) is 6.07 Å². The molecule has 0 saturated carbocycles. The summed E-state index contributed by atoms with van der Waals surface area (Å²) in [4.78, 5) is 0. The summed E-state index contributed by atoms with van der Waals surface area (Å²) in [5.41, 5.74) is 3.44. The maximum absolute atomic E-state index is 13.7. The van der Waals surface area contributed by atoms with Crippen LogP contribution in [0.15, 0.2) is 24.3 Å². The number of hydrazine groups is 1. The first-order valence-corrected chi connectivity index (χ1v) is 6.93. The lowest BCUT2D eigenvalue weighted by molar-refractivity contribution is 0.350. The fourth-order valence-corrected chi connectivity index (χ4v) is 2.36. The molecule has 1 aromatic rings. The van der Waals surface area contributed by atoms with Crippen molar-refractivity contribution in [3.05, 3.63) is 35.6 Å². The summed E-state index contributed by atoms with van der Waals surface area (Å²) in [7, 11) is 0. The Bertz CT molecular complexity index is 341. The number of halogens is 1. The molecule has 2 unspecified atom stereocenters. The predicted molar refractivity (Wildman–Crippen MR) is 74.4 cm³/mol. The Morgan fingerprint density at radius 1 is 1.28 bits per heavy atom. The molecule has 0 heterocycles. The molecule has 2 nitrogen and oxygen atoms in total. The van der Waals surface area contributed by atoms with Crippen LogP contribution in [0, 0.1) is 11.7 Å². The average molecular weight is 252 g/mol. The van der Waals surface area contributed by atoms with Crippen LogP contribution in [0.2, 0.25) is 0 Å². The van der Waals surface area contributed by atoms with Gasteiger partial charge in [0, 0.05) is 11.6 Å². The fraction of sp³-hybridized carbons (Fsp3) is 0.600. The number of nitrogens with two attached hydrogens (primary N) is 1. The highest BCUT2D eigenvalue weighted by Gasteiger charge is 2.18. The van der Waals surface area contributed by atoms with Gasteiger partial charge in [-0.2, -0.15) is 0 Å². The molecule has 1 rings (SSSR count). The van der Waals surface area contributed by atoms with Gasteiger partial charge in [-0.3, -0.25) is 11.3 Å². The summed E-state index contributed by atoms with van der Waals surface area (Å²) in [6.45, 7) is 4.39. The maximum atomic E-state index is 13.7. The molecule has 0 amide bonds. The first-order chi connectivity index (χ1) is 8.72. The molecule has 0 bridgehead atoms. The van der Waals surface area contributed by atoms with E-state index in [1.807, 2.05) is 12.1 Å². The summed E-state index contributed by atoms with van der Waals surface area (Å²) >= 11 is 0. The molecule has 0 aliphatic rings. The fourth-order valence-electron chi connectivity index (χ4n) is 2.36. The van der Waals surface area contributed by atoms with Gasteiger partial charge in [0.05, 0.1) is 0 Å². The minimum absolute atomic E-state index is 0.0898. The number of nitrogens with one attached hydrogen (secondary N) is 1. The van der Waals surface area contributed by atoms with Gasteiger partial charge in [-0.15, -0.1) is 0 Å². The van der Waals surface area contributed by atoms with Crippen LogP contribution in [0.4, 0.5) is 4.39 Å². The van der Waals surface area contributed by atoms with Crippen molar-refractivity contribution < 1.29 is 4.39 Å². The van der Waals surface area contributed by atoms with Crippen LogP contribution in [-0.4, -0.2) is 0 Å². The van der Waals surface area contributed by atoms with Crippen LogP contribution in [-0.2, 0) is 0 Å². The van der Waals surface area contributed by atoms with Crippen LogP contribution < -0.4 is 11.3 Å². The third-order valence-electron chi connectivity index (χ3n) is 3.59. The largest absolute Gasteiger partial charge is 0.271 e. The SMILES string of the molecule is CCCCC(CC)CC(NN)c1ccccc1F. The first-order valence-electron chi connectivity index (χ1n) is 6.93. The molecular weight excluding hydrogens is 227 g/mol. The molecule has 18 heavy (non-hydrogen) atoms. The summed E-state index contributed by atoms with van der Waals surface area (Å²) in [6, 6.07) is 6.78. The van der Waals surface area contributed by atoms with Gasteiger partial charge in [0.25, 0.3) is 0 Å². The molecule has 102 valence electrons. The molecule has 0 radical (unpaired) electrons. The van der Waals surface area contributed by atoms with Crippen LogP contribution >= 0.6 is 0 Å². The lowest BCUT2D eigenvalue weighted by atomic mass is 9.89. The molecule has 0 aliphatic heterocycles. The Hall–Kier alpha value is -0.930. The first kappa shape index (κ1) is 15.1. The molecular formula is C15H25FN2. The van der Waals surface area contributed by atoms with Crippen molar-refractivity contribution in [2.24, 2.45) is 11.8 Å². The highest BCUT2D eigenvalue weighted by molar-refractivity contribution is 5.21. The third-order valence-corrected chi connectivity index (χ3v) is 3.59. The molecule has 0 aromatic heterocycles. The average Bonchev–Trinajstić information content (AvgIpc) is 2.40. The van der Waals surface area contributed by atoms with E-state index in [2.05, 4.69) is 19.3 Å². The van der Waals surface area contributed by atoms with Crippen molar-refractivity contribution in [1.82, 2.24) is 5.43 Å². The highest BCUT2D eigenvalue weighted by atomic mass is 19.1. The van der Waals surface area contributed by atoms with Crippen LogP contribution in [0.1, 0.15) is 57.6 Å². The number of hydrogen-bond donors (Lipinski definition) is 2. The smallest absolute Gasteiger partial charge is 0.128 e. The second-order valence-corrected chi connectivity index (χ2v) is 4.89. The van der Waals surface area contributed by atoms with Crippen molar-refractivity contribution in [1.29, 1.82) is 0 Å². The number of hydrogen-bond acceptors (Lipinski definition) is 2. The van der Waals surface area contributed by atoms with Gasteiger partial charge < -0.3 is 0 Å². The van der Waals surface area contributed by atoms with Gasteiger partial charge in [0.2, 0.25) is 0 Å². The zero-order valence-corrected chi connectivity index (χ0v) is 11.5. The van der Waals surface area contributed by atoms with Gasteiger partial charge in [0.1, 0.15) is 5.82 Å². The van der Waals surface area contributed by atoms with E-state index in [0.29, 0.717) is 11.5 Å². The summed E-state index contributed by atoms with van der Waals surface area (Å²) in [6.07, 6.45) is 5.64.